The minimum atomic E-state index is -0.0358. The highest BCUT2D eigenvalue weighted by molar-refractivity contribution is 5.93. The lowest BCUT2D eigenvalue weighted by Crippen LogP contribution is -2.36. The third-order valence-corrected chi connectivity index (χ3v) is 4.07. The Balaban J connectivity index is 1.78. The first-order valence-corrected chi connectivity index (χ1v) is 8.06. The molecule has 0 N–H and O–H groups in total. The molecule has 0 radical (unpaired) electrons. The molecule has 0 spiro atoms. The van der Waals surface area contributed by atoms with Crippen molar-refractivity contribution in [3.05, 3.63) is 53.7 Å². The van der Waals surface area contributed by atoms with E-state index in [-0.39, 0.29) is 5.91 Å². The predicted octanol–water partition coefficient (Wildman–Crippen LogP) is 2.76. The molecule has 0 aliphatic heterocycles. The minimum absolute atomic E-state index is 0.0358. The number of hydrogen-bond donors (Lipinski definition) is 0. The van der Waals surface area contributed by atoms with Gasteiger partial charge in [-0.15, -0.1) is 0 Å². The summed E-state index contributed by atoms with van der Waals surface area (Å²) in [6.07, 6.45) is 3.57. The Morgan fingerprint density at radius 2 is 1.96 bits per heavy atom. The number of benzene rings is 1. The molecule has 23 heavy (non-hydrogen) atoms. The summed E-state index contributed by atoms with van der Waals surface area (Å²) in [5, 5.41) is 0. The van der Waals surface area contributed by atoms with Crippen LogP contribution in [0.1, 0.15) is 40.6 Å². The highest BCUT2D eigenvalue weighted by Crippen LogP contribution is 2.41. The zero-order chi connectivity index (χ0) is 16.2. The van der Waals surface area contributed by atoms with Gasteiger partial charge in [0, 0.05) is 25.6 Å². The fourth-order valence-electron chi connectivity index (χ4n) is 2.58. The van der Waals surface area contributed by atoms with Crippen LogP contribution < -0.4 is 0 Å². The Morgan fingerprint density at radius 1 is 1.22 bits per heavy atom. The van der Waals surface area contributed by atoms with Crippen LogP contribution in [-0.2, 0) is 6.54 Å². The second-order valence-electron chi connectivity index (χ2n) is 6.36. The molecule has 1 amide bonds. The maximum atomic E-state index is 13.0. The average Bonchev–Trinajstić information content (AvgIpc) is 3.28. The fourth-order valence-corrected chi connectivity index (χ4v) is 2.58. The number of hydrogen-bond acceptors (Lipinski definition) is 4. The first-order valence-electron chi connectivity index (χ1n) is 8.06. The topological polar surface area (TPSA) is 49.6 Å². The first-order chi connectivity index (χ1) is 11.1. The molecule has 1 aliphatic rings. The van der Waals surface area contributed by atoms with Gasteiger partial charge >= 0.3 is 0 Å². The van der Waals surface area contributed by atoms with Crippen LogP contribution in [0.4, 0.5) is 0 Å². The van der Waals surface area contributed by atoms with Crippen molar-refractivity contribution < 1.29 is 9.21 Å². The van der Waals surface area contributed by atoms with Crippen molar-refractivity contribution in [2.24, 2.45) is 0 Å². The molecule has 1 aromatic carbocycles. The summed E-state index contributed by atoms with van der Waals surface area (Å²) in [6.45, 7) is 2.07. The van der Waals surface area contributed by atoms with Gasteiger partial charge < -0.3 is 14.2 Å². The largest absolute Gasteiger partial charge is 0.447 e. The number of rotatable bonds is 7. The van der Waals surface area contributed by atoms with E-state index in [1.807, 2.05) is 49.3 Å². The quantitative estimate of drug-likeness (QED) is 0.788. The summed E-state index contributed by atoms with van der Waals surface area (Å²) in [4.78, 5) is 21.1. The molecule has 1 aromatic heterocycles. The fraction of sp³-hybridized carbons (Fsp3) is 0.444. The molecule has 5 heteroatoms. The second kappa shape index (κ2) is 6.96. The lowest BCUT2D eigenvalue weighted by Gasteiger charge is -2.24. The van der Waals surface area contributed by atoms with Crippen LogP contribution in [0.2, 0.25) is 0 Å². The number of nitrogens with zero attached hydrogens (tertiary/aromatic N) is 3. The van der Waals surface area contributed by atoms with Crippen molar-refractivity contribution in [1.82, 2.24) is 14.8 Å². The Morgan fingerprint density at radius 3 is 2.61 bits per heavy atom. The molecular weight excluding hydrogens is 290 g/mol. The predicted molar refractivity (Wildman–Crippen MR) is 88.2 cm³/mol. The van der Waals surface area contributed by atoms with Gasteiger partial charge in [0.15, 0.2) is 12.1 Å². The third-order valence-electron chi connectivity index (χ3n) is 4.07. The van der Waals surface area contributed by atoms with Gasteiger partial charge in [-0.1, -0.05) is 30.3 Å². The van der Waals surface area contributed by atoms with Crippen molar-refractivity contribution in [3.8, 4) is 0 Å². The molecule has 5 nitrogen and oxygen atoms in total. The van der Waals surface area contributed by atoms with Gasteiger partial charge in [0.2, 0.25) is 0 Å². The maximum absolute atomic E-state index is 13.0. The van der Waals surface area contributed by atoms with Crippen LogP contribution >= 0.6 is 0 Å². The summed E-state index contributed by atoms with van der Waals surface area (Å²) >= 11 is 0. The molecule has 122 valence electrons. The van der Waals surface area contributed by atoms with Crippen molar-refractivity contribution in [2.75, 3.05) is 27.2 Å². The van der Waals surface area contributed by atoms with Gasteiger partial charge in [0.25, 0.3) is 5.91 Å². The highest BCUT2D eigenvalue weighted by atomic mass is 16.3. The van der Waals surface area contributed by atoms with E-state index in [0.29, 0.717) is 24.7 Å². The monoisotopic (exact) mass is 313 g/mol. The van der Waals surface area contributed by atoms with Gasteiger partial charge in [-0.25, -0.2) is 4.98 Å². The number of likely N-dealkylation sites (N-methyl/N-ethyl adjacent to an activating group) is 1. The van der Waals surface area contributed by atoms with E-state index in [9.17, 15) is 4.79 Å². The second-order valence-corrected chi connectivity index (χ2v) is 6.36. The van der Waals surface area contributed by atoms with Crippen LogP contribution in [0, 0.1) is 0 Å². The molecule has 1 aliphatic carbocycles. The number of oxazole rings is 1. The molecule has 3 rings (SSSR count). The molecule has 0 saturated heterocycles. The van der Waals surface area contributed by atoms with E-state index in [4.69, 9.17) is 4.42 Å². The minimum Gasteiger partial charge on any atom is -0.447 e. The van der Waals surface area contributed by atoms with Crippen molar-refractivity contribution in [1.29, 1.82) is 0 Å². The van der Waals surface area contributed by atoms with E-state index in [1.165, 1.54) is 6.39 Å². The van der Waals surface area contributed by atoms with Crippen LogP contribution in [0.3, 0.4) is 0 Å². The lowest BCUT2D eigenvalue weighted by atomic mass is 10.2. The number of aromatic nitrogens is 1. The van der Waals surface area contributed by atoms with E-state index in [0.717, 1.165) is 30.7 Å². The summed E-state index contributed by atoms with van der Waals surface area (Å²) in [6, 6.07) is 10.1. The van der Waals surface area contributed by atoms with E-state index in [1.54, 1.807) is 0 Å². The summed E-state index contributed by atoms with van der Waals surface area (Å²) in [5.41, 5.74) is 1.61. The first kappa shape index (κ1) is 15.7. The molecule has 0 unspecified atom stereocenters. The van der Waals surface area contributed by atoms with E-state index in [2.05, 4.69) is 9.88 Å². The Kier molecular flexibility index (Phi) is 4.76. The van der Waals surface area contributed by atoms with E-state index >= 15 is 0 Å². The molecule has 1 fully saturated rings. The van der Waals surface area contributed by atoms with Gasteiger partial charge in [0.1, 0.15) is 5.76 Å². The Hall–Kier alpha value is -2.14. The Bertz CT molecular complexity index is 647. The SMILES string of the molecule is CN(C)CCN(Cc1ccccc1)C(=O)c1ncoc1C1CC1. The van der Waals surface area contributed by atoms with Crippen molar-refractivity contribution in [3.63, 3.8) is 0 Å². The maximum Gasteiger partial charge on any atom is 0.276 e. The molecule has 1 heterocycles. The van der Waals surface area contributed by atoms with Crippen molar-refractivity contribution in [2.45, 2.75) is 25.3 Å². The van der Waals surface area contributed by atoms with Gasteiger partial charge in [-0.05, 0) is 32.5 Å². The van der Waals surface area contributed by atoms with Crippen LogP contribution in [0.15, 0.2) is 41.1 Å². The normalized spacial score (nSPS) is 14.2. The zero-order valence-corrected chi connectivity index (χ0v) is 13.7. The highest BCUT2D eigenvalue weighted by Gasteiger charge is 2.33. The standard InChI is InChI=1S/C18H23N3O2/c1-20(2)10-11-21(12-14-6-4-3-5-7-14)18(22)16-17(15-8-9-15)23-13-19-16/h3-7,13,15H,8-12H2,1-2H3. The Labute approximate surface area is 136 Å². The average molecular weight is 313 g/mol. The van der Waals surface area contributed by atoms with Crippen LogP contribution in [-0.4, -0.2) is 47.9 Å². The van der Waals surface area contributed by atoms with Crippen LogP contribution in [0.25, 0.3) is 0 Å². The molecular formula is C18H23N3O2. The summed E-state index contributed by atoms with van der Waals surface area (Å²) < 4.78 is 5.47. The number of carbonyl (C=O) groups is 1. The molecule has 2 aromatic rings. The zero-order valence-electron chi connectivity index (χ0n) is 13.7. The summed E-state index contributed by atoms with van der Waals surface area (Å²) in [5.74, 6) is 1.10. The van der Waals surface area contributed by atoms with Gasteiger partial charge in [-0.3, -0.25) is 4.79 Å². The smallest absolute Gasteiger partial charge is 0.276 e. The molecule has 0 bridgehead atoms. The number of amides is 1. The third kappa shape index (κ3) is 3.99. The molecule has 0 atom stereocenters. The molecule has 1 saturated carbocycles. The summed E-state index contributed by atoms with van der Waals surface area (Å²) in [7, 11) is 4.02. The van der Waals surface area contributed by atoms with Crippen LogP contribution in [0.5, 0.6) is 0 Å². The van der Waals surface area contributed by atoms with Gasteiger partial charge in [-0.2, -0.15) is 0 Å². The lowest BCUT2D eigenvalue weighted by molar-refractivity contribution is 0.0724. The van der Waals surface area contributed by atoms with Gasteiger partial charge in [0.05, 0.1) is 0 Å². The van der Waals surface area contributed by atoms with Crippen molar-refractivity contribution >= 4 is 5.91 Å². The van der Waals surface area contributed by atoms with E-state index < -0.39 is 0 Å². The number of carbonyl (C=O) groups excluding carboxylic acids is 1.